The van der Waals surface area contributed by atoms with Crippen LogP contribution in [0.15, 0.2) is 91.4 Å². The fourth-order valence-electron chi connectivity index (χ4n) is 11.2. The molecule has 0 saturated carbocycles. The van der Waals surface area contributed by atoms with E-state index in [-0.39, 0.29) is 117 Å². The van der Waals surface area contributed by atoms with Crippen LogP contribution in [0, 0.1) is 32.4 Å². The van der Waals surface area contributed by atoms with Gasteiger partial charge in [0.05, 0.1) is 63.6 Å². The topological polar surface area (TPSA) is 343 Å². The molecule has 0 unspecified atom stereocenters. The molecule has 0 spiro atoms. The Labute approximate surface area is 533 Å². The number of aromatic nitrogens is 9. The van der Waals surface area contributed by atoms with Crippen LogP contribution in [0.2, 0.25) is 5.02 Å². The monoisotopic (exact) mass is 1310 g/mol. The summed E-state index contributed by atoms with van der Waals surface area (Å²) in [6.45, 7) is 4.88. The second kappa shape index (κ2) is 28.1. The number of benzene rings is 3. The average molecular weight is 1310 g/mol. The first-order chi connectivity index (χ1) is 44.4. The molecule has 3 saturated heterocycles. The number of pyridine rings is 3. The van der Waals surface area contributed by atoms with Gasteiger partial charge >= 0.3 is 18.1 Å². The first-order valence-electron chi connectivity index (χ1n) is 29.8. The van der Waals surface area contributed by atoms with Crippen LogP contribution in [-0.4, -0.2) is 167 Å². The summed E-state index contributed by atoms with van der Waals surface area (Å²) < 4.78 is 75.3. The molecule has 6 amide bonds. The van der Waals surface area contributed by atoms with E-state index in [1.165, 1.54) is 27.0 Å². The number of anilines is 3. The molecule has 93 heavy (non-hydrogen) atoms. The van der Waals surface area contributed by atoms with Gasteiger partial charge in [-0.1, -0.05) is 29.8 Å². The minimum absolute atomic E-state index is 0.0361. The second-order valence-corrected chi connectivity index (χ2v) is 23.8. The van der Waals surface area contributed by atoms with Crippen molar-refractivity contribution in [3.63, 3.8) is 0 Å². The molecule has 12 N–H and O–H groups in total. The number of carbonyl (C=O) groups excluding carboxylic acids is 3. The minimum atomic E-state index is -2.03. The summed E-state index contributed by atoms with van der Waals surface area (Å²) in [5.41, 5.74) is 1.81. The number of urea groups is 3. The highest BCUT2D eigenvalue weighted by Crippen LogP contribution is 2.42. The van der Waals surface area contributed by atoms with Gasteiger partial charge in [-0.05, 0) is 92.1 Å². The summed E-state index contributed by atoms with van der Waals surface area (Å²) in [5, 5.41) is 64.0. The number of rotatable bonds is 12. The van der Waals surface area contributed by atoms with Crippen molar-refractivity contribution in [2.75, 3.05) is 75.0 Å². The summed E-state index contributed by atoms with van der Waals surface area (Å²) in [5.74, 6) is -0.835. The molecule has 24 nitrogen and oxygen atoms in total. The SMILES string of the molecule is Cc1ccc2nc(NC(=O)N3CCC(F)(c4ncc([C@@H](O)CO)cc4F)CC3)[nH]c2c1.Cc1ccc2nc(NC(=O)N3CCC(F)(c4ncc([C@H](O)CO)cc4Cl)CC3)[nH]c2c1.Cc1ccc2nc(NC(=O)N3CCC(F)(c4ncc([C@H](O)CO)cc4F)CC3)[nH]c2c1. The van der Waals surface area contributed by atoms with Gasteiger partial charge in [-0.15, -0.1) is 0 Å². The summed E-state index contributed by atoms with van der Waals surface area (Å²) in [6.07, 6.45) is -0.463. The van der Waals surface area contributed by atoms with Gasteiger partial charge in [-0.3, -0.25) is 30.9 Å². The lowest BCUT2D eigenvalue weighted by molar-refractivity contribution is 0.0634. The number of aliphatic hydroxyl groups excluding tert-OH is 6. The first-order valence-corrected chi connectivity index (χ1v) is 30.2. The van der Waals surface area contributed by atoms with E-state index >= 15 is 13.2 Å². The van der Waals surface area contributed by atoms with E-state index in [1.807, 2.05) is 75.4 Å². The zero-order valence-corrected chi connectivity index (χ0v) is 51.5. The number of aliphatic hydroxyl groups is 6. The maximum absolute atomic E-state index is 15.6. The third-order valence-corrected chi connectivity index (χ3v) is 16.9. The van der Waals surface area contributed by atoms with E-state index < -0.39 is 78.8 Å². The molecule has 6 aromatic heterocycles. The van der Waals surface area contributed by atoms with Gasteiger partial charge in [0, 0.05) is 113 Å². The molecule has 3 aliphatic heterocycles. The number of likely N-dealkylation sites (tertiary alicyclic amines) is 3. The van der Waals surface area contributed by atoms with Crippen LogP contribution in [0.25, 0.3) is 33.1 Å². The number of alkyl halides is 3. The van der Waals surface area contributed by atoms with Crippen LogP contribution >= 0.6 is 11.6 Å². The number of hydrogen-bond donors (Lipinski definition) is 12. The molecule has 0 bridgehead atoms. The van der Waals surface area contributed by atoms with Gasteiger partial charge in [0.15, 0.2) is 17.0 Å². The van der Waals surface area contributed by atoms with Crippen LogP contribution in [0.3, 0.4) is 0 Å². The van der Waals surface area contributed by atoms with Crippen molar-refractivity contribution in [1.82, 2.24) is 59.6 Å². The molecule has 9 heterocycles. The smallest absolute Gasteiger partial charge is 0.324 e. The summed E-state index contributed by atoms with van der Waals surface area (Å²) in [4.78, 5) is 76.1. The molecular formula is C63H69ClF5N15O9. The largest absolute Gasteiger partial charge is 0.393 e. The standard InChI is InChI=1S/C21H23ClFN5O3.2C21H23F2N5O3/c3*1-12-2-3-15-16(8-12)26-19(25-15)27-20(31)28-6-4-21(23,5-7-28)18-14(22)9-13(10-24-18)17(30)11-29/h3*2-3,8-10,17,29-30H,4-7,11H2,1H3,(H2,25,26,27,31)/t3*17-/m110/s1. The Balaban J connectivity index is 0.000000153. The lowest BCUT2D eigenvalue weighted by Crippen LogP contribution is -2.45. The number of aromatic amines is 3. The number of aryl methyl sites for hydroxylation is 3. The predicted octanol–water partition coefficient (Wildman–Crippen LogP) is 9.29. The van der Waals surface area contributed by atoms with Crippen LogP contribution in [0.1, 0.15) is 107 Å². The Bertz CT molecular complexity index is 3760. The number of H-pyrrole nitrogens is 3. The zero-order chi connectivity index (χ0) is 66.5. The van der Waals surface area contributed by atoms with Crippen molar-refractivity contribution in [1.29, 1.82) is 0 Å². The van der Waals surface area contributed by atoms with Crippen molar-refractivity contribution in [2.45, 2.75) is 94.6 Å². The number of hydrogen-bond acceptors (Lipinski definition) is 15. The number of fused-ring (bicyclic) bond motifs is 3. The number of nitrogens with one attached hydrogen (secondary N) is 6. The van der Waals surface area contributed by atoms with E-state index in [9.17, 15) is 38.5 Å². The van der Waals surface area contributed by atoms with E-state index in [1.54, 1.807) is 0 Å². The third kappa shape index (κ3) is 15.3. The Kier molecular flexibility index (Phi) is 20.2. The van der Waals surface area contributed by atoms with Crippen LogP contribution in [0.5, 0.6) is 0 Å². The average Bonchev–Trinajstić information content (AvgIpc) is 1.81. The lowest BCUT2D eigenvalue weighted by atomic mass is 9.89. The highest BCUT2D eigenvalue weighted by molar-refractivity contribution is 6.31. The minimum Gasteiger partial charge on any atom is -0.393 e. The van der Waals surface area contributed by atoms with Crippen molar-refractivity contribution in [2.24, 2.45) is 0 Å². The molecule has 30 heteroatoms. The maximum atomic E-state index is 15.6. The highest BCUT2D eigenvalue weighted by Gasteiger charge is 2.44. The Morgan fingerprint density at radius 1 is 0.484 bits per heavy atom. The van der Waals surface area contributed by atoms with Crippen molar-refractivity contribution < 1.29 is 67.0 Å². The highest BCUT2D eigenvalue weighted by atomic mass is 35.5. The van der Waals surface area contributed by atoms with Gasteiger partial charge in [0.1, 0.15) is 41.3 Å². The molecule has 9 aromatic rings. The predicted molar refractivity (Wildman–Crippen MR) is 334 cm³/mol. The van der Waals surface area contributed by atoms with Gasteiger partial charge in [0.25, 0.3) is 0 Å². The van der Waals surface area contributed by atoms with Crippen molar-refractivity contribution in [3.05, 3.63) is 159 Å². The second-order valence-electron chi connectivity index (χ2n) is 23.4. The van der Waals surface area contributed by atoms with Crippen LogP contribution in [0.4, 0.5) is 54.2 Å². The fraction of sp³-hybridized carbons (Fsp3) is 0.381. The molecule has 0 aliphatic carbocycles. The van der Waals surface area contributed by atoms with E-state index in [2.05, 4.69) is 60.8 Å². The molecule has 3 aromatic carbocycles. The fourth-order valence-corrected chi connectivity index (χ4v) is 11.5. The third-order valence-electron chi connectivity index (χ3n) is 16.7. The molecule has 0 radical (unpaired) electrons. The zero-order valence-electron chi connectivity index (χ0n) is 50.7. The normalized spacial score (nSPS) is 17.0. The summed E-state index contributed by atoms with van der Waals surface area (Å²) in [7, 11) is 0. The molecule has 492 valence electrons. The molecule has 12 rings (SSSR count). The number of halogens is 6. The van der Waals surface area contributed by atoms with Crippen LogP contribution < -0.4 is 16.0 Å². The Morgan fingerprint density at radius 3 is 1.04 bits per heavy atom. The number of imidazole rings is 3. The lowest BCUT2D eigenvalue weighted by Gasteiger charge is -2.36. The molecule has 3 fully saturated rings. The van der Waals surface area contributed by atoms with Gasteiger partial charge in [-0.25, -0.2) is 51.3 Å². The van der Waals surface area contributed by atoms with Crippen molar-refractivity contribution >= 4 is 80.6 Å². The summed E-state index contributed by atoms with van der Waals surface area (Å²) in [6, 6.07) is 19.3. The van der Waals surface area contributed by atoms with E-state index in [0.29, 0.717) is 23.4 Å². The van der Waals surface area contributed by atoms with E-state index in [4.69, 9.17) is 26.9 Å². The quantitative estimate of drug-likeness (QED) is 0.0507. The summed E-state index contributed by atoms with van der Waals surface area (Å²) >= 11 is 6.21. The number of carbonyl (C=O) groups is 3. The molecule has 3 atom stereocenters. The Morgan fingerprint density at radius 2 is 0.763 bits per heavy atom. The Hall–Kier alpha value is -8.97. The number of amides is 6. The first kappa shape index (κ1) is 66.9. The number of nitrogens with zero attached hydrogens (tertiary/aromatic N) is 9. The van der Waals surface area contributed by atoms with E-state index in [0.717, 1.165) is 74.3 Å². The molecule has 3 aliphatic rings. The van der Waals surface area contributed by atoms with Crippen LogP contribution in [-0.2, 0) is 17.0 Å². The van der Waals surface area contributed by atoms with Crippen molar-refractivity contribution in [3.8, 4) is 0 Å². The van der Waals surface area contributed by atoms with Gasteiger partial charge in [0.2, 0.25) is 17.8 Å². The maximum Gasteiger partial charge on any atom is 0.324 e. The number of piperidine rings is 3. The van der Waals surface area contributed by atoms with Gasteiger partial charge in [-0.2, -0.15) is 0 Å². The molecular weight excluding hydrogens is 1240 g/mol. The van der Waals surface area contributed by atoms with Gasteiger partial charge < -0.3 is 60.3 Å².